The molecular formula is C16H12N4O5S. The third-order valence-electron chi connectivity index (χ3n) is 3.65. The first-order chi connectivity index (χ1) is 12.6. The fraction of sp³-hybridized carbons (Fsp3) is 0.125. The van der Waals surface area contributed by atoms with Gasteiger partial charge in [-0.3, -0.25) is 19.5 Å². The number of urea groups is 1. The van der Waals surface area contributed by atoms with E-state index in [2.05, 4.69) is 15.6 Å². The van der Waals surface area contributed by atoms with Gasteiger partial charge in [-0.25, -0.2) is 9.78 Å². The minimum absolute atomic E-state index is 0.126. The molecule has 1 aliphatic rings. The molecule has 1 aliphatic heterocycles. The van der Waals surface area contributed by atoms with Gasteiger partial charge in [0.05, 0.1) is 11.7 Å². The van der Waals surface area contributed by atoms with Crippen LogP contribution in [0.25, 0.3) is 10.2 Å². The topological polar surface area (TPSA) is 112 Å². The summed E-state index contributed by atoms with van der Waals surface area (Å²) in [6.45, 7) is -0.188. The zero-order valence-corrected chi connectivity index (χ0v) is 14.0. The number of nitrogens with one attached hydrogen (secondary N) is 2. The Labute approximate surface area is 150 Å². The minimum atomic E-state index is -0.716. The molecule has 0 aliphatic carbocycles. The highest BCUT2D eigenvalue weighted by Crippen LogP contribution is 2.34. The first kappa shape index (κ1) is 16.1. The molecule has 2 N–H and O–H groups in total. The number of anilines is 1. The van der Waals surface area contributed by atoms with Crippen LogP contribution in [0.4, 0.5) is 10.5 Å². The molecule has 3 aromatic rings. The van der Waals surface area contributed by atoms with Crippen LogP contribution in [0.1, 0.15) is 0 Å². The molecule has 0 spiro atoms. The van der Waals surface area contributed by atoms with E-state index < -0.39 is 11.9 Å². The maximum absolute atomic E-state index is 12.2. The number of hydrogen-bond acceptors (Lipinski definition) is 7. The number of hydrogen-bond donors (Lipinski definition) is 2. The van der Waals surface area contributed by atoms with Crippen LogP contribution in [-0.4, -0.2) is 28.3 Å². The van der Waals surface area contributed by atoms with Crippen LogP contribution in [0.15, 0.2) is 40.8 Å². The van der Waals surface area contributed by atoms with Gasteiger partial charge in [0.25, 0.3) is 5.56 Å². The molecule has 0 bridgehead atoms. The van der Waals surface area contributed by atoms with E-state index in [1.807, 2.05) is 0 Å². The minimum Gasteiger partial charge on any atom is -0.454 e. The highest BCUT2D eigenvalue weighted by atomic mass is 32.1. The summed E-state index contributed by atoms with van der Waals surface area (Å²) in [7, 11) is 0. The molecule has 0 unspecified atom stereocenters. The van der Waals surface area contributed by atoms with E-state index >= 15 is 0 Å². The fourth-order valence-corrected chi connectivity index (χ4v) is 3.19. The molecule has 0 fully saturated rings. The van der Waals surface area contributed by atoms with Crippen molar-refractivity contribution in [3.05, 3.63) is 46.3 Å². The molecule has 4 rings (SSSR count). The number of aromatic nitrogens is 2. The first-order valence-electron chi connectivity index (χ1n) is 7.53. The summed E-state index contributed by atoms with van der Waals surface area (Å²) in [6, 6.07) is 5.80. The second-order valence-electron chi connectivity index (χ2n) is 5.39. The number of ether oxygens (including phenoxy) is 2. The summed E-state index contributed by atoms with van der Waals surface area (Å²) in [5.41, 5.74) is 0.112. The number of thiophene rings is 1. The van der Waals surface area contributed by atoms with Crippen molar-refractivity contribution in [3.8, 4) is 11.5 Å². The lowest BCUT2D eigenvalue weighted by Crippen LogP contribution is -2.38. The Morgan fingerprint density at radius 2 is 2.08 bits per heavy atom. The van der Waals surface area contributed by atoms with Crippen molar-refractivity contribution in [1.82, 2.24) is 14.9 Å². The third kappa shape index (κ3) is 3.09. The lowest BCUT2D eigenvalue weighted by Gasteiger charge is -2.08. The van der Waals surface area contributed by atoms with E-state index in [0.717, 1.165) is 4.57 Å². The van der Waals surface area contributed by atoms with E-state index in [1.54, 1.807) is 29.6 Å². The van der Waals surface area contributed by atoms with Crippen molar-refractivity contribution in [2.45, 2.75) is 6.54 Å². The maximum Gasteiger partial charge on any atom is 0.325 e. The quantitative estimate of drug-likeness (QED) is 0.721. The number of nitrogens with zero attached hydrogens (tertiary/aromatic N) is 2. The van der Waals surface area contributed by atoms with Gasteiger partial charge in [-0.1, -0.05) is 0 Å². The Morgan fingerprint density at radius 3 is 2.96 bits per heavy atom. The molecule has 0 atom stereocenters. The number of carbonyl (C=O) groups excluding carboxylic acids is 2. The lowest BCUT2D eigenvalue weighted by atomic mass is 10.3. The standard InChI is InChI=1S/C16H12N4O5S/c21-13(6-20-7-17-14-10(15(20)22)3-4-26-14)19-16(23)18-9-1-2-11-12(5-9)25-8-24-11/h1-5,7H,6,8H2,(H2,18,19,21,23). The number of benzene rings is 1. The molecule has 2 aromatic heterocycles. The van der Waals surface area contributed by atoms with E-state index in [0.29, 0.717) is 27.4 Å². The van der Waals surface area contributed by atoms with Crippen molar-refractivity contribution in [2.75, 3.05) is 12.1 Å². The van der Waals surface area contributed by atoms with Crippen LogP contribution < -0.4 is 25.7 Å². The first-order valence-corrected chi connectivity index (χ1v) is 8.41. The van der Waals surface area contributed by atoms with Crippen molar-refractivity contribution in [2.24, 2.45) is 0 Å². The van der Waals surface area contributed by atoms with Crippen LogP contribution in [0.5, 0.6) is 11.5 Å². The zero-order valence-electron chi connectivity index (χ0n) is 13.2. The van der Waals surface area contributed by atoms with E-state index in [9.17, 15) is 14.4 Å². The average Bonchev–Trinajstić information content (AvgIpc) is 3.26. The Bertz CT molecular complexity index is 1070. The van der Waals surface area contributed by atoms with Gasteiger partial charge in [0.15, 0.2) is 11.5 Å². The average molecular weight is 372 g/mol. The van der Waals surface area contributed by atoms with Crippen molar-refractivity contribution in [3.63, 3.8) is 0 Å². The summed E-state index contributed by atoms with van der Waals surface area (Å²) < 4.78 is 11.6. The number of carbonyl (C=O) groups is 2. The van der Waals surface area contributed by atoms with E-state index in [1.165, 1.54) is 17.7 Å². The molecule has 0 saturated carbocycles. The zero-order chi connectivity index (χ0) is 18.1. The molecule has 3 amide bonds. The second kappa shape index (κ2) is 6.48. The van der Waals surface area contributed by atoms with Gasteiger partial charge >= 0.3 is 6.03 Å². The van der Waals surface area contributed by atoms with Gasteiger partial charge in [0.2, 0.25) is 12.7 Å². The van der Waals surface area contributed by atoms with Crippen molar-refractivity contribution in [1.29, 1.82) is 0 Å². The Hall–Kier alpha value is -3.40. The summed E-state index contributed by atoms with van der Waals surface area (Å²) in [5.74, 6) is 0.459. The van der Waals surface area contributed by atoms with Crippen molar-refractivity contribution < 1.29 is 19.1 Å². The van der Waals surface area contributed by atoms with E-state index in [-0.39, 0.29) is 18.9 Å². The summed E-state index contributed by atoms with van der Waals surface area (Å²) >= 11 is 1.34. The predicted molar refractivity (Wildman–Crippen MR) is 93.6 cm³/mol. The van der Waals surface area contributed by atoms with Crippen LogP contribution in [0.2, 0.25) is 0 Å². The third-order valence-corrected chi connectivity index (χ3v) is 4.47. The normalized spacial score (nSPS) is 12.2. The largest absolute Gasteiger partial charge is 0.454 e. The van der Waals surface area contributed by atoms with Gasteiger partial charge in [-0.05, 0) is 23.6 Å². The summed E-state index contributed by atoms with van der Waals surface area (Å²) in [5, 5.41) is 6.88. The van der Waals surface area contributed by atoms with E-state index in [4.69, 9.17) is 9.47 Å². The lowest BCUT2D eigenvalue weighted by molar-refractivity contribution is -0.120. The molecule has 0 radical (unpaired) electrons. The predicted octanol–water partition coefficient (Wildman–Crippen LogP) is 1.54. The number of imide groups is 1. The smallest absolute Gasteiger partial charge is 0.325 e. The molecule has 3 heterocycles. The van der Waals surface area contributed by atoms with Crippen LogP contribution in [0.3, 0.4) is 0 Å². The number of fused-ring (bicyclic) bond motifs is 2. The highest BCUT2D eigenvalue weighted by molar-refractivity contribution is 7.16. The molecule has 10 heteroatoms. The van der Waals surface area contributed by atoms with Crippen molar-refractivity contribution >= 4 is 39.2 Å². The Balaban J connectivity index is 1.40. The maximum atomic E-state index is 12.2. The van der Waals surface area contributed by atoms with Crippen LogP contribution in [-0.2, 0) is 11.3 Å². The molecular weight excluding hydrogens is 360 g/mol. The second-order valence-corrected chi connectivity index (χ2v) is 6.28. The Kier molecular flexibility index (Phi) is 4.01. The number of amides is 3. The monoisotopic (exact) mass is 372 g/mol. The van der Waals surface area contributed by atoms with Crippen LogP contribution in [0, 0.1) is 0 Å². The van der Waals surface area contributed by atoms with Gasteiger partial charge < -0.3 is 14.8 Å². The Morgan fingerprint density at radius 1 is 1.23 bits per heavy atom. The van der Waals surface area contributed by atoms with Crippen LogP contribution >= 0.6 is 11.3 Å². The molecule has 9 nitrogen and oxygen atoms in total. The highest BCUT2D eigenvalue weighted by Gasteiger charge is 2.15. The summed E-state index contributed by atoms with van der Waals surface area (Å²) in [6.07, 6.45) is 1.29. The van der Waals surface area contributed by atoms with Gasteiger partial charge in [0, 0.05) is 11.8 Å². The number of rotatable bonds is 3. The molecule has 132 valence electrons. The summed E-state index contributed by atoms with van der Waals surface area (Å²) in [4.78, 5) is 40.9. The van der Waals surface area contributed by atoms with Gasteiger partial charge in [-0.2, -0.15) is 0 Å². The SMILES string of the molecule is O=C(Cn1cnc2sccc2c1=O)NC(=O)Nc1ccc2c(c1)OCO2. The molecule has 1 aromatic carbocycles. The van der Waals surface area contributed by atoms with Gasteiger partial charge in [-0.15, -0.1) is 11.3 Å². The molecule has 26 heavy (non-hydrogen) atoms. The molecule has 0 saturated heterocycles. The fourth-order valence-electron chi connectivity index (χ4n) is 2.46. The van der Waals surface area contributed by atoms with Gasteiger partial charge in [0.1, 0.15) is 11.4 Å².